The first-order chi connectivity index (χ1) is 16.5. The summed E-state index contributed by atoms with van der Waals surface area (Å²) in [6.07, 6.45) is 4.96. The molecule has 0 bridgehead atoms. The van der Waals surface area contributed by atoms with Gasteiger partial charge in [-0.05, 0) is 30.5 Å². The molecular formula is C23H21N7O3S. The van der Waals surface area contributed by atoms with Gasteiger partial charge in [0, 0.05) is 24.0 Å². The maximum absolute atomic E-state index is 13.0. The molecule has 1 aliphatic carbocycles. The number of H-pyrrole nitrogens is 1. The van der Waals surface area contributed by atoms with Crippen LogP contribution in [-0.2, 0) is 6.54 Å². The summed E-state index contributed by atoms with van der Waals surface area (Å²) in [7, 11) is 0. The highest BCUT2D eigenvalue weighted by Crippen LogP contribution is 2.35. The average molecular weight is 476 g/mol. The molecule has 0 amide bonds. The average Bonchev–Trinajstić information content (AvgIpc) is 3.59. The van der Waals surface area contributed by atoms with Crippen LogP contribution in [0, 0.1) is 0 Å². The number of rotatable bonds is 8. The molecule has 11 heteroatoms. The Hall–Kier alpha value is -3.99. The van der Waals surface area contributed by atoms with Crippen molar-refractivity contribution in [2.24, 2.45) is 0 Å². The summed E-state index contributed by atoms with van der Waals surface area (Å²) < 4.78 is 3.21. The van der Waals surface area contributed by atoms with Gasteiger partial charge in [0.05, 0.1) is 12.3 Å². The van der Waals surface area contributed by atoms with Crippen LogP contribution >= 0.6 is 11.8 Å². The van der Waals surface area contributed by atoms with Crippen molar-refractivity contribution in [3.63, 3.8) is 0 Å². The van der Waals surface area contributed by atoms with Crippen LogP contribution in [-0.4, -0.2) is 40.8 Å². The number of Topliss-reactive ketones (excluding diaryl/α,β-unsaturated/α-hetero) is 1. The van der Waals surface area contributed by atoms with Crippen LogP contribution in [0.4, 0.5) is 5.82 Å². The predicted octanol–water partition coefficient (Wildman–Crippen LogP) is 2.13. The smallest absolute Gasteiger partial charge is 0.330 e. The fraction of sp³-hybridized carbons (Fsp3) is 0.217. The third-order valence-corrected chi connectivity index (χ3v) is 6.49. The maximum atomic E-state index is 13.0. The standard InChI is InChI=1S/C23H21N7O3S/c24-19-18(21(32)26-22(33)30(19)16-8-9-16)17(31)13-34-23-28-27-20(15-7-4-10-25-11-15)29(23)12-14-5-2-1-3-6-14/h1-7,10-11,16H,8-9,12-13,24H2,(H,26,32,33). The first kappa shape index (κ1) is 21.8. The van der Waals surface area contributed by atoms with Gasteiger partial charge in [-0.15, -0.1) is 10.2 Å². The minimum Gasteiger partial charge on any atom is -0.384 e. The highest BCUT2D eigenvalue weighted by Gasteiger charge is 2.30. The Labute approximate surface area is 197 Å². The van der Waals surface area contributed by atoms with Crippen LogP contribution in [0.5, 0.6) is 0 Å². The molecule has 0 saturated heterocycles. The second-order valence-corrected chi connectivity index (χ2v) is 8.89. The molecule has 0 atom stereocenters. The van der Waals surface area contributed by atoms with E-state index < -0.39 is 17.0 Å². The second-order valence-electron chi connectivity index (χ2n) is 7.95. The van der Waals surface area contributed by atoms with E-state index in [1.165, 1.54) is 4.57 Å². The lowest BCUT2D eigenvalue weighted by molar-refractivity contribution is 0.102. The zero-order valence-electron chi connectivity index (χ0n) is 18.0. The third kappa shape index (κ3) is 4.29. The molecule has 1 aromatic carbocycles. The number of anilines is 1. The van der Waals surface area contributed by atoms with E-state index in [1.807, 2.05) is 47.0 Å². The normalized spacial score (nSPS) is 13.2. The Bertz CT molecular complexity index is 1460. The molecule has 1 saturated carbocycles. The number of nitrogen functional groups attached to an aromatic ring is 1. The number of ketones is 1. The van der Waals surface area contributed by atoms with E-state index in [4.69, 9.17) is 5.73 Å². The molecule has 0 spiro atoms. The first-order valence-electron chi connectivity index (χ1n) is 10.7. The van der Waals surface area contributed by atoms with Gasteiger partial charge in [0.25, 0.3) is 5.56 Å². The van der Waals surface area contributed by atoms with Crippen LogP contribution in [0.1, 0.15) is 34.8 Å². The van der Waals surface area contributed by atoms with Crippen molar-refractivity contribution in [3.05, 3.63) is 86.8 Å². The molecule has 4 aromatic rings. The Morgan fingerprint density at radius 3 is 2.62 bits per heavy atom. The Kier molecular flexibility index (Phi) is 5.84. The van der Waals surface area contributed by atoms with Crippen LogP contribution < -0.4 is 17.0 Å². The van der Waals surface area contributed by atoms with Gasteiger partial charge in [-0.2, -0.15) is 0 Å². The zero-order valence-corrected chi connectivity index (χ0v) is 18.9. The molecule has 172 valence electrons. The summed E-state index contributed by atoms with van der Waals surface area (Å²) in [5.74, 6) is -0.0265. The van der Waals surface area contributed by atoms with E-state index in [2.05, 4.69) is 20.2 Å². The number of aromatic amines is 1. The highest BCUT2D eigenvalue weighted by atomic mass is 32.2. The second kappa shape index (κ2) is 9.10. The molecule has 1 aliphatic rings. The first-order valence-corrected chi connectivity index (χ1v) is 11.7. The molecule has 3 heterocycles. The van der Waals surface area contributed by atoms with Crippen molar-refractivity contribution >= 4 is 23.4 Å². The number of pyridine rings is 1. The zero-order chi connectivity index (χ0) is 23.7. The number of carbonyl (C=O) groups excluding carboxylic acids is 1. The number of nitrogens with two attached hydrogens (primary N) is 1. The molecule has 5 rings (SSSR count). The van der Waals surface area contributed by atoms with E-state index in [9.17, 15) is 14.4 Å². The number of carbonyl (C=O) groups is 1. The van der Waals surface area contributed by atoms with Gasteiger partial charge in [-0.3, -0.25) is 28.7 Å². The summed E-state index contributed by atoms with van der Waals surface area (Å²) >= 11 is 1.16. The van der Waals surface area contributed by atoms with E-state index in [-0.39, 0.29) is 23.2 Å². The number of nitrogens with one attached hydrogen (secondary N) is 1. The van der Waals surface area contributed by atoms with Crippen molar-refractivity contribution < 1.29 is 4.79 Å². The van der Waals surface area contributed by atoms with Crippen molar-refractivity contribution in [1.29, 1.82) is 0 Å². The lowest BCUT2D eigenvalue weighted by Crippen LogP contribution is -2.36. The van der Waals surface area contributed by atoms with Crippen molar-refractivity contribution in [1.82, 2.24) is 29.3 Å². The van der Waals surface area contributed by atoms with Crippen molar-refractivity contribution in [2.45, 2.75) is 30.6 Å². The number of hydrogen-bond acceptors (Lipinski definition) is 8. The van der Waals surface area contributed by atoms with Gasteiger partial charge in [0.1, 0.15) is 11.4 Å². The molecular weight excluding hydrogens is 454 g/mol. The lowest BCUT2D eigenvalue weighted by atomic mass is 10.2. The van der Waals surface area contributed by atoms with Gasteiger partial charge in [-0.25, -0.2) is 4.79 Å². The van der Waals surface area contributed by atoms with Gasteiger partial charge >= 0.3 is 5.69 Å². The minimum atomic E-state index is -0.771. The molecule has 10 nitrogen and oxygen atoms in total. The summed E-state index contributed by atoms with van der Waals surface area (Å²) in [5, 5.41) is 9.14. The van der Waals surface area contributed by atoms with Crippen LogP contribution in [0.2, 0.25) is 0 Å². The molecule has 0 aliphatic heterocycles. The predicted molar refractivity (Wildman–Crippen MR) is 128 cm³/mol. The molecule has 0 radical (unpaired) electrons. The number of aromatic nitrogens is 6. The van der Waals surface area contributed by atoms with E-state index >= 15 is 0 Å². The van der Waals surface area contributed by atoms with Crippen molar-refractivity contribution in [2.75, 3.05) is 11.5 Å². The largest absolute Gasteiger partial charge is 0.384 e. The van der Waals surface area contributed by atoms with E-state index in [0.717, 1.165) is 35.7 Å². The summed E-state index contributed by atoms with van der Waals surface area (Å²) in [4.78, 5) is 43.9. The van der Waals surface area contributed by atoms with Gasteiger partial charge < -0.3 is 5.73 Å². The topological polar surface area (TPSA) is 142 Å². The number of nitrogens with zero attached hydrogens (tertiary/aromatic N) is 5. The maximum Gasteiger partial charge on any atom is 0.330 e. The van der Waals surface area contributed by atoms with Gasteiger partial charge in [0.2, 0.25) is 0 Å². The fourth-order valence-corrected chi connectivity index (χ4v) is 4.56. The molecule has 1 fully saturated rings. The highest BCUT2D eigenvalue weighted by molar-refractivity contribution is 7.99. The Morgan fingerprint density at radius 2 is 1.91 bits per heavy atom. The van der Waals surface area contributed by atoms with Crippen LogP contribution in [0.25, 0.3) is 11.4 Å². The number of hydrogen-bond donors (Lipinski definition) is 2. The van der Waals surface area contributed by atoms with Gasteiger partial charge in [0.15, 0.2) is 16.8 Å². The number of benzene rings is 1. The minimum absolute atomic E-state index is 0.0698. The van der Waals surface area contributed by atoms with Crippen LogP contribution in [0.3, 0.4) is 0 Å². The SMILES string of the molecule is Nc1c(C(=O)CSc2nnc(-c3cccnc3)n2Cc2ccccc2)c(=O)[nH]c(=O)n1C1CC1. The fourth-order valence-electron chi connectivity index (χ4n) is 3.75. The molecule has 0 unspecified atom stereocenters. The van der Waals surface area contributed by atoms with E-state index in [0.29, 0.717) is 17.5 Å². The quantitative estimate of drug-likeness (QED) is 0.292. The lowest BCUT2D eigenvalue weighted by Gasteiger charge is -2.12. The third-order valence-electron chi connectivity index (χ3n) is 5.53. The summed E-state index contributed by atoms with van der Waals surface area (Å²) in [6.45, 7) is 0.490. The van der Waals surface area contributed by atoms with E-state index in [1.54, 1.807) is 12.4 Å². The summed E-state index contributed by atoms with van der Waals surface area (Å²) in [6, 6.07) is 13.5. The van der Waals surface area contributed by atoms with Crippen molar-refractivity contribution in [3.8, 4) is 11.4 Å². The van der Waals surface area contributed by atoms with Gasteiger partial charge in [-0.1, -0.05) is 42.1 Å². The number of thioether (sulfide) groups is 1. The monoisotopic (exact) mass is 475 g/mol. The Balaban J connectivity index is 1.45. The summed E-state index contributed by atoms with van der Waals surface area (Å²) in [5.41, 5.74) is 6.36. The van der Waals surface area contributed by atoms with Crippen LogP contribution in [0.15, 0.2) is 69.6 Å². The Morgan fingerprint density at radius 1 is 1.12 bits per heavy atom. The molecule has 3 aromatic heterocycles. The molecule has 3 N–H and O–H groups in total. The molecule has 34 heavy (non-hydrogen) atoms.